The Morgan fingerprint density at radius 2 is 2.04 bits per heavy atom. The first-order valence-electron chi connectivity index (χ1n) is 8.77. The van der Waals surface area contributed by atoms with Crippen LogP contribution in [0.25, 0.3) is 11.0 Å². The fraction of sp³-hybridized carbons (Fsp3) is 0.368. The molecule has 0 radical (unpaired) electrons. The number of aryl methyl sites for hydroxylation is 1. The lowest BCUT2D eigenvalue weighted by Crippen LogP contribution is -2.36. The van der Waals surface area contributed by atoms with Crippen LogP contribution in [0.2, 0.25) is 0 Å². The average molecular weight is 355 g/mol. The number of rotatable bonds is 4. The van der Waals surface area contributed by atoms with Crippen LogP contribution in [0.15, 0.2) is 39.5 Å². The Balaban J connectivity index is 1.46. The van der Waals surface area contributed by atoms with Crippen LogP contribution in [-0.4, -0.2) is 38.6 Å². The number of nitrogens with zero attached hydrogens (tertiary/aromatic N) is 2. The maximum atomic E-state index is 12.3. The molecule has 0 saturated carbocycles. The van der Waals surface area contributed by atoms with Crippen LogP contribution in [0.5, 0.6) is 0 Å². The molecule has 1 fully saturated rings. The van der Waals surface area contributed by atoms with Crippen LogP contribution >= 0.6 is 0 Å². The van der Waals surface area contributed by atoms with Gasteiger partial charge >= 0.3 is 11.7 Å². The molecule has 0 atom stereocenters. The molecule has 1 aliphatic heterocycles. The number of fused-ring (bicyclic) bond motifs is 1. The Kier molecular flexibility index (Phi) is 4.16. The summed E-state index contributed by atoms with van der Waals surface area (Å²) in [5, 5.41) is 9.13. The Labute approximate surface area is 149 Å². The number of likely N-dealkylation sites (tertiary alicyclic amines) is 1. The molecule has 1 aromatic carbocycles. The summed E-state index contributed by atoms with van der Waals surface area (Å²) in [5.74, 6) is 0.144. The van der Waals surface area contributed by atoms with Crippen molar-refractivity contribution in [1.29, 1.82) is 0 Å². The molecular weight excluding hydrogens is 334 g/mol. The first kappa shape index (κ1) is 16.7. The molecule has 3 aromatic rings. The molecule has 0 amide bonds. The van der Waals surface area contributed by atoms with Crippen molar-refractivity contribution < 1.29 is 14.3 Å². The fourth-order valence-corrected chi connectivity index (χ4v) is 3.83. The van der Waals surface area contributed by atoms with Gasteiger partial charge in [0.15, 0.2) is 0 Å². The Hall–Kier alpha value is -2.80. The quantitative estimate of drug-likeness (QED) is 0.751. The molecule has 0 unspecified atom stereocenters. The predicted octanol–water partition coefficient (Wildman–Crippen LogP) is 2.77. The molecule has 2 N–H and O–H groups in total. The molecule has 3 heterocycles. The standard InChI is InChI=1S/C19H21N3O4/c1-12-15(18(23)24)10-14(26-12)11-21-8-6-13(7-9-21)22-17-5-3-2-4-16(17)20-19(22)25/h2-5,10,13H,6-9,11H2,1H3,(H,20,25)(H,23,24). The molecule has 136 valence electrons. The third-order valence-corrected chi connectivity index (χ3v) is 5.12. The van der Waals surface area contributed by atoms with E-state index in [1.54, 1.807) is 13.0 Å². The van der Waals surface area contributed by atoms with E-state index in [1.807, 2.05) is 28.8 Å². The molecule has 0 bridgehead atoms. The second-order valence-electron chi connectivity index (χ2n) is 6.81. The molecule has 2 aromatic heterocycles. The first-order chi connectivity index (χ1) is 12.5. The lowest BCUT2D eigenvalue weighted by Gasteiger charge is -2.31. The van der Waals surface area contributed by atoms with Gasteiger partial charge in [-0.25, -0.2) is 9.59 Å². The van der Waals surface area contributed by atoms with Gasteiger partial charge in [-0.1, -0.05) is 12.1 Å². The zero-order valence-electron chi connectivity index (χ0n) is 14.6. The number of H-pyrrole nitrogens is 1. The van der Waals surface area contributed by atoms with Gasteiger partial charge in [-0.15, -0.1) is 0 Å². The van der Waals surface area contributed by atoms with Gasteiger partial charge < -0.3 is 14.5 Å². The van der Waals surface area contributed by atoms with Gasteiger partial charge in [0.05, 0.1) is 17.6 Å². The summed E-state index contributed by atoms with van der Waals surface area (Å²) in [6.07, 6.45) is 1.74. The van der Waals surface area contributed by atoms with Gasteiger partial charge in [-0.3, -0.25) is 9.47 Å². The number of piperidine rings is 1. The zero-order chi connectivity index (χ0) is 18.3. The number of carboxylic acids is 1. The molecule has 1 aliphatic rings. The molecule has 26 heavy (non-hydrogen) atoms. The zero-order valence-corrected chi connectivity index (χ0v) is 14.6. The summed E-state index contributed by atoms with van der Waals surface area (Å²) in [6, 6.07) is 9.53. The number of aromatic carboxylic acids is 1. The molecule has 0 spiro atoms. The average Bonchev–Trinajstić information content (AvgIpc) is 3.14. The van der Waals surface area contributed by atoms with Gasteiger partial charge in [0.25, 0.3) is 0 Å². The molecule has 1 saturated heterocycles. The highest BCUT2D eigenvalue weighted by Gasteiger charge is 2.24. The van der Waals surface area contributed by atoms with Crippen molar-refractivity contribution >= 4 is 17.0 Å². The lowest BCUT2D eigenvalue weighted by molar-refractivity contribution is 0.0695. The number of furan rings is 1. The van der Waals surface area contributed by atoms with Gasteiger partial charge in [0.1, 0.15) is 17.1 Å². The minimum Gasteiger partial charge on any atom is -0.478 e. The summed E-state index contributed by atoms with van der Waals surface area (Å²) in [4.78, 5) is 28.6. The summed E-state index contributed by atoms with van der Waals surface area (Å²) in [7, 11) is 0. The fourth-order valence-electron chi connectivity index (χ4n) is 3.83. The van der Waals surface area contributed by atoms with Gasteiger partial charge in [0.2, 0.25) is 0 Å². The van der Waals surface area contributed by atoms with E-state index in [1.165, 1.54) is 0 Å². The molecule has 0 aliphatic carbocycles. The normalized spacial score (nSPS) is 16.3. The van der Waals surface area contributed by atoms with Gasteiger partial charge in [-0.05, 0) is 38.0 Å². The van der Waals surface area contributed by atoms with E-state index in [2.05, 4.69) is 9.88 Å². The molecule has 7 nitrogen and oxygen atoms in total. The number of aromatic nitrogens is 2. The Bertz CT molecular complexity index is 1010. The largest absolute Gasteiger partial charge is 0.478 e. The second-order valence-corrected chi connectivity index (χ2v) is 6.81. The summed E-state index contributed by atoms with van der Waals surface area (Å²) < 4.78 is 7.44. The highest BCUT2D eigenvalue weighted by atomic mass is 16.4. The van der Waals surface area contributed by atoms with Crippen LogP contribution in [-0.2, 0) is 6.54 Å². The van der Waals surface area contributed by atoms with Crippen molar-refractivity contribution in [3.63, 3.8) is 0 Å². The molecular formula is C19H21N3O4. The third-order valence-electron chi connectivity index (χ3n) is 5.12. The van der Waals surface area contributed by atoms with Crippen LogP contribution in [0.4, 0.5) is 0 Å². The number of nitrogens with one attached hydrogen (secondary N) is 1. The van der Waals surface area contributed by atoms with Crippen LogP contribution in [0.1, 0.15) is 40.8 Å². The maximum absolute atomic E-state index is 12.3. The van der Waals surface area contributed by atoms with Crippen molar-refractivity contribution in [3.8, 4) is 0 Å². The monoisotopic (exact) mass is 355 g/mol. The number of hydrogen-bond donors (Lipinski definition) is 2. The van der Waals surface area contributed by atoms with Crippen molar-refractivity contribution in [2.75, 3.05) is 13.1 Å². The summed E-state index contributed by atoms with van der Waals surface area (Å²) in [6.45, 7) is 3.92. The maximum Gasteiger partial charge on any atom is 0.339 e. The van der Waals surface area contributed by atoms with E-state index in [9.17, 15) is 9.59 Å². The topological polar surface area (TPSA) is 91.5 Å². The van der Waals surface area contributed by atoms with E-state index in [4.69, 9.17) is 9.52 Å². The summed E-state index contributed by atoms with van der Waals surface area (Å²) >= 11 is 0. The summed E-state index contributed by atoms with van der Waals surface area (Å²) in [5.41, 5.74) is 1.98. The van der Waals surface area contributed by atoms with Crippen molar-refractivity contribution in [2.24, 2.45) is 0 Å². The van der Waals surface area contributed by atoms with Crippen molar-refractivity contribution in [1.82, 2.24) is 14.5 Å². The lowest BCUT2D eigenvalue weighted by atomic mass is 10.0. The Morgan fingerprint density at radius 3 is 2.73 bits per heavy atom. The number of benzene rings is 1. The highest BCUT2D eigenvalue weighted by molar-refractivity contribution is 5.88. The minimum absolute atomic E-state index is 0.0580. The minimum atomic E-state index is -0.963. The number of carbonyl (C=O) groups is 1. The van der Waals surface area contributed by atoms with E-state index in [-0.39, 0.29) is 17.3 Å². The SMILES string of the molecule is Cc1oc(CN2CCC(n3c(=O)[nH]c4ccccc43)CC2)cc1C(=O)O. The number of para-hydroxylation sites is 2. The number of imidazole rings is 1. The number of carboxylic acid groups (broad SMARTS) is 1. The smallest absolute Gasteiger partial charge is 0.339 e. The van der Waals surface area contributed by atoms with Crippen molar-refractivity contribution in [2.45, 2.75) is 32.4 Å². The molecule has 4 rings (SSSR count). The number of hydrogen-bond acceptors (Lipinski definition) is 4. The number of aromatic amines is 1. The second kappa shape index (κ2) is 6.49. The molecule has 7 heteroatoms. The highest BCUT2D eigenvalue weighted by Crippen LogP contribution is 2.26. The van der Waals surface area contributed by atoms with Gasteiger partial charge in [0, 0.05) is 19.1 Å². The van der Waals surface area contributed by atoms with Crippen LogP contribution < -0.4 is 5.69 Å². The predicted molar refractivity (Wildman–Crippen MR) is 96.5 cm³/mol. The van der Waals surface area contributed by atoms with Crippen LogP contribution in [0.3, 0.4) is 0 Å². The first-order valence-corrected chi connectivity index (χ1v) is 8.77. The Morgan fingerprint density at radius 1 is 1.31 bits per heavy atom. The van der Waals surface area contributed by atoms with Crippen LogP contribution in [0, 0.1) is 6.92 Å². The van der Waals surface area contributed by atoms with Gasteiger partial charge in [-0.2, -0.15) is 0 Å². The van der Waals surface area contributed by atoms with E-state index >= 15 is 0 Å². The van der Waals surface area contributed by atoms with E-state index < -0.39 is 5.97 Å². The van der Waals surface area contributed by atoms with E-state index in [0.29, 0.717) is 18.1 Å². The third kappa shape index (κ3) is 2.94. The van der Waals surface area contributed by atoms with Crippen molar-refractivity contribution in [3.05, 3.63) is 57.9 Å². The van der Waals surface area contributed by atoms with E-state index in [0.717, 1.165) is 37.0 Å².